The van der Waals surface area contributed by atoms with Gasteiger partial charge in [0.15, 0.2) is 0 Å². The molecule has 5 heteroatoms. The quantitative estimate of drug-likeness (QED) is 0.629. The summed E-state index contributed by atoms with van der Waals surface area (Å²) < 4.78 is 0. The number of anilines is 1. The minimum absolute atomic E-state index is 0.758. The van der Waals surface area contributed by atoms with Crippen LogP contribution in [0.3, 0.4) is 0 Å². The molecule has 5 nitrogen and oxygen atoms in total. The van der Waals surface area contributed by atoms with Gasteiger partial charge in [-0.15, -0.1) is 0 Å². The second-order valence-corrected chi connectivity index (χ2v) is 5.58. The monoisotopic (exact) mass is 261 g/mol. The van der Waals surface area contributed by atoms with Crippen LogP contribution in [-0.2, 0) is 6.54 Å². The lowest BCUT2D eigenvalue weighted by atomic mass is 9.99. The van der Waals surface area contributed by atoms with E-state index >= 15 is 0 Å². The topological polar surface area (TPSA) is 57.4 Å². The summed E-state index contributed by atoms with van der Waals surface area (Å²) in [5, 5.41) is 0. The molecule has 0 saturated carbocycles. The van der Waals surface area contributed by atoms with E-state index in [-0.39, 0.29) is 0 Å². The standard InChI is InChI=1S/C14H23N5/c15-17-14-12(4-3-6-16-14)10-18-8-9-19-7-2-1-5-13(19)11-18/h3-4,6,13H,1-2,5,7-11,15H2,(H,16,17). The normalized spacial score (nSPS) is 25.0. The smallest absolute Gasteiger partial charge is 0.144 e. The van der Waals surface area contributed by atoms with Gasteiger partial charge in [-0.25, -0.2) is 10.8 Å². The number of nitrogens with one attached hydrogen (secondary N) is 1. The molecule has 1 unspecified atom stereocenters. The van der Waals surface area contributed by atoms with Crippen LogP contribution in [0.4, 0.5) is 5.82 Å². The van der Waals surface area contributed by atoms with Crippen LogP contribution >= 0.6 is 0 Å². The molecule has 2 aliphatic rings. The number of fused-ring (bicyclic) bond motifs is 1. The Morgan fingerprint density at radius 3 is 3.16 bits per heavy atom. The van der Waals surface area contributed by atoms with Crippen molar-refractivity contribution in [2.24, 2.45) is 5.84 Å². The Balaban J connectivity index is 1.64. The largest absolute Gasteiger partial charge is 0.308 e. The van der Waals surface area contributed by atoms with Gasteiger partial charge < -0.3 is 5.43 Å². The fourth-order valence-corrected chi connectivity index (χ4v) is 3.30. The molecule has 3 N–H and O–H groups in total. The highest BCUT2D eigenvalue weighted by Crippen LogP contribution is 2.23. The highest BCUT2D eigenvalue weighted by atomic mass is 15.3. The molecule has 104 valence electrons. The van der Waals surface area contributed by atoms with Crippen molar-refractivity contribution >= 4 is 5.82 Å². The maximum absolute atomic E-state index is 5.52. The van der Waals surface area contributed by atoms with E-state index in [2.05, 4.69) is 26.3 Å². The number of hydrogen-bond acceptors (Lipinski definition) is 5. The molecule has 3 rings (SSSR count). The molecule has 0 bridgehead atoms. The lowest BCUT2D eigenvalue weighted by Gasteiger charge is -2.44. The van der Waals surface area contributed by atoms with Crippen LogP contribution in [0.5, 0.6) is 0 Å². The zero-order valence-corrected chi connectivity index (χ0v) is 11.4. The minimum atomic E-state index is 0.758. The van der Waals surface area contributed by atoms with Gasteiger partial charge in [-0.2, -0.15) is 0 Å². The van der Waals surface area contributed by atoms with E-state index in [1.165, 1.54) is 44.5 Å². The van der Waals surface area contributed by atoms with Gasteiger partial charge >= 0.3 is 0 Å². The number of aromatic nitrogens is 1. The molecule has 2 aliphatic heterocycles. The third kappa shape index (κ3) is 2.88. The number of rotatable bonds is 3. The van der Waals surface area contributed by atoms with Gasteiger partial charge in [0.1, 0.15) is 5.82 Å². The minimum Gasteiger partial charge on any atom is -0.308 e. The summed E-state index contributed by atoms with van der Waals surface area (Å²) in [4.78, 5) is 9.46. The van der Waals surface area contributed by atoms with Gasteiger partial charge in [-0.1, -0.05) is 12.5 Å². The molecule has 2 saturated heterocycles. The van der Waals surface area contributed by atoms with Gasteiger partial charge in [0.2, 0.25) is 0 Å². The first kappa shape index (κ1) is 12.8. The zero-order chi connectivity index (χ0) is 13.1. The van der Waals surface area contributed by atoms with Crippen molar-refractivity contribution in [1.29, 1.82) is 0 Å². The summed E-state index contributed by atoms with van der Waals surface area (Å²) in [6.45, 7) is 5.77. The number of nitrogens with zero attached hydrogens (tertiary/aromatic N) is 3. The highest BCUT2D eigenvalue weighted by molar-refractivity contribution is 5.42. The molecule has 0 amide bonds. The second-order valence-electron chi connectivity index (χ2n) is 5.58. The third-order valence-electron chi connectivity index (χ3n) is 4.34. The number of hydrazine groups is 1. The maximum Gasteiger partial charge on any atom is 0.144 e. The summed E-state index contributed by atoms with van der Waals surface area (Å²) in [5.41, 5.74) is 3.88. The average Bonchev–Trinajstić information content (AvgIpc) is 2.48. The lowest BCUT2D eigenvalue weighted by molar-refractivity contribution is 0.0457. The first-order valence-corrected chi connectivity index (χ1v) is 7.24. The highest BCUT2D eigenvalue weighted by Gasteiger charge is 2.28. The van der Waals surface area contributed by atoms with Crippen LogP contribution in [0, 0.1) is 0 Å². The molecular formula is C14H23N5. The molecule has 0 aliphatic carbocycles. The van der Waals surface area contributed by atoms with E-state index in [0.717, 1.165) is 24.9 Å². The maximum atomic E-state index is 5.52. The molecule has 1 aromatic heterocycles. The predicted molar refractivity (Wildman–Crippen MR) is 76.5 cm³/mol. The fraction of sp³-hybridized carbons (Fsp3) is 0.643. The van der Waals surface area contributed by atoms with Gasteiger partial charge in [-0.3, -0.25) is 9.80 Å². The van der Waals surface area contributed by atoms with Crippen molar-refractivity contribution in [3.05, 3.63) is 23.9 Å². The van der Waals surface area contributed by atoms with Crippen LogP contribution in [0.1, 0.15) is 24.8 Å². The molecule has 19 heavy (non-hydrogen) atoms. The first-order valence-electron chi connectivity index (χ1n) is 7.24. The summed E-state index contributed by atoms with van der Waals surface area (Å²) in [6.07, 6.45) is 5.89. The number of nitrogens with two attached hydrogens (primary N) is 1. The Hall–Kier alpha value is -1.17. The Morgan fingerprint density at radius 2 is 2.26 bits per heavy atom. The van der Waals surface area contributed by atoms with Gasteiger partial charge in [0.25, 0.3) is 0 Å². The molecule has 2 fully saturated rings. The number of hydrogen-bond donors (Lipinski definition) is 2. The van der Waals surface area contributed by atoms with Crippen LogP contribution < -0.4 is 11.3 Å². The molecular weight excluding hydrogens is 238 g/mol. The van der Waals surface area contributed by atoms with E-state index in [1.807, 2.05) is 6.07 Å². The number of piperidine rings is 1. The van der Waals surface area contributed by atoms with Crippen molar-refractivity contribution in [1.82, 2.24) is 14.8 Å². The van der Waals surface area contributed by atoms with Gasteiger partial charge in [0, 0.05) is 44.0 Å². The van der Waals surface area contributed by atoms with E-state index in [0.29, 0.717) is 0 Å². The van der Waals surface area contributed by atoms with E-state index in [1.54, 1.807) is 6.20 Å². The number of pyridine rings is 1. The van der Waals surface area contributed by atoms with Crippen molar-refractivity contribution < 1.29 is 0 Å². The van der Waals surface area contributed by atoms with Crippen molar-refractivity contribution in [3.63, 3.8) is 0 Å². The third-order valence-corrected chi connectivity index (χ3v) is 4.34. The molecule has 1 aromatic rings. The Kier molecular flexibility index (Phi) is 3.96. The van der Waals surface area contributed by atoms with Gasteiger partial charge in [0.05, 0.1) is 0 Å². The molecule has 0 aromatic carbocycles. The van der Waals surface area contributed by atoms with Crippen molar-refractivity contribution in [2.45, 2.75) is 31.8 Å². The number of piperazine rings is 1. The second kappa shape index (κ2) is 5.86. The van der Waals surface area contributed by atoms with Crippen molar-refractivity contribution in [2.75, 3.05) is 31.6 Å². The van der Waals surface area contributed by atoms with E-state index in [9.17, 15) is 0 Å². The molecule has 1 atom stereocenters. The zero-order valence-electron chi connectivity index (χ0n) is 11.4. The Morgan fingerprint density at radius 1 is 1.32 bits per heavy atom. The van der Waals surface area contributed by atoms with Crippen LogP contribution in [-0.4, -0.2) is 47.0 Å². The van der Waals surface area contributed by atoms with Crippen LogP contribution in [0.2, 0.25) is 0 Å². The van der Waals surface area contributed by atoms with Gasteiger partial charge in [-0.05, 0) is 25.5 Å². The van der Waals surface area contributed by atoms with Crippen LogP contribution in [0.15, 0.2) is 18.3 Å². The number of nitrogen functional groups attached to an aromatic ring is 1. The van der Waals surface area contributed by atoms with Crippen molar-refractivity contribution in [3.8, 4) is 0 Å². The SMILES string of the molecule is NNc1ncccc1CN1CCN2CCCCC2C1. The average molecular weight is 261 g/mol. The first-order chi connectivity index (χ1) is 9.36. The van der Waals surface area contributed by atoms with Crippen LogP contribution in [0.25, 0.3) is 0 Å². The summed E-state index contributed by atoms with van der Waals surface area (Å²) >= 11 is 0. The lowest BCUT2D eigenvalue weighted by Crippen LogP contribution is -2.54. The predicted octanol–water partition coefficient (Wildman–Crippen LogP) is 1.04. The summed E-state index contributed by atoms with van der Waals surface area (Å²) in [5.74, 6) is 6.32. The summed E-state index contributed by atoms with van der Waals surface area (Å²) in [7, 11) is 0. The molecule has 3 heterocycles. The Bertz CT molecular complexity index is 422. The van der Waals surface area contributed by atoms with E-state index in [4.69, 9.17) is 5.84 Å². The summed E-state index contributed by atoms with van der Waals surface area (Å²) in [6, 6.07) is 4.84. The fourth-order valence-electron chi connectivity index (χ4n) is 3.30. The molecule has 0 spiro atoms. The molecule has 0 radical (unpaired) electrons. The van der Waals surface area contributed by atoms with E-state index < -0.39 is 0 Å². The Labute approximate surface area is 114 Å².